The fraction of sp³-hybridized carbons (Fsp3) is 0.500. The van der Waals surface area contributed by atoms with E-state index in [1.165, 1.54) is 0 Å². The van der Waals surface area contributed by atoms with E-state index in [0.29, 0.717) is 0 Å². The summed E-state index contributed by atoms with van der Waals surface area (Å²) in [5.74, 6) is -0.745. The van der Waals surface area contributed by atoms with Crippen molar-refractivity contribution in [2.45, 2.75) is 13.3 Å². The first-order valence-electron chi connectivity index (χ1n) is 1.80. The maximum Gasteiger partial charge on any atom is 1.00 e. The van der Waals surface area contributed by atoms with E-state index in [1.807, 2.05) is 0 Å². The van der Waals surface area contributed by atoms with E-state index in [-0.39, 0.29) is 57.8 Å². The number of aliphatic hydroxyl groups is 1. The maximum atomic E-state index is 9.37. The van der Waals surface area contributed by atoms with E-state index in [9.17, 15) is 4.79 Å². The molecular formula is C4H9KO3. The van der Waals surface area contributed by atoms with Crippen LogP contribution in [0.1, 0.15) is 13.3 Å². The molecule has 0 radical (unpaired) electrons. The van der Waals surface area contributed by atoms with Crippen LogP contribution < -0.4 is 51.4 Å². The number of hydrogen-bond acceptors (Lipinski definition) is 2. The third kappa shape index (κ3) is 27.7. The minimum absolute atomic E-state index is 0. The van der Waals surface area contributed by atoms with Crippen molar-refractivity contribution in [2.24, 2.45) is 0 Å². The number of aliphatic carboxylic acids is 1. The second-order valence-corrected chi connectivity index (χ2v) is 0.747. The zero-order valence-electron chi connectivity index (χ0n) is 5.22. The number of hydrogen-bond donors (Lipinski definition) is 2. The molecule has 0 bridgehead atoms. The van der Waals surface area contributed by atoms with Crippen LogP contribution in [0.5, 0.6) is 0 Å². The Morgan fingerprint density at radius 3 is 1.75 bits per heavy atom. The van der Waals surface area contributed by atoms with Crippen LogP contribution in [-0.4, -0.2) is 16.2 Å². The van der Waals surface area contributed by atoms with E-state index in [4.69, 9.17) is 10.2 Å². The van der Waals surface area contributed by atoms with Gasteiger partial charge in [-0.15, -0.1) is 0 Å². The van der Waals surface area contributed by atoms with Gasteiger partial charge in [-0.05, 0) is 0 Å². The predicted octanol–water partition coefficient (Wildman–Crippen LogP) is -2.36. The van der Waals surface area contributed by atoms with Gasteiger partial charge in [0.1, 0.15) is 0 Å². The molecule has 0 aliphatic rings. The zero-order chi connectivity index (χ0) is 6.28. The monoisotopic (exact) mass is 144 g/mol. The summed E-state index contributed by atoms with van der Waals surface area (Å²) >= 11 is 0. The Labute approximate surface area is 91.5 Å². The molecule has 0 atom stereocenters. The number of carboxylic acids is 1. The van der Waals surface area contributed by atoms with Gasteiger partial charge in [-0.1, -0.05) is 6.92 Å². The quantitative estimate of drug-likeness (QED) is 0.319. The van der Waals surface area contributed by atoms with Crippen molar-refractivity contribution in [1.82, 2.24) is 0 Å². The normalized spacial score (nSPS) is 5.38. The number of rotatable bonds is 1. The molecule has 0 aromatic carbocycles. The van der Waals surface area contributed by atoms with E-state index in [2.05, 4.69) is 7.11 Å². The fourth-order valence-electron chi connectivity index (χ4n) is 0. The number of aliphatic hydroxyl groups excluding tert-OH is 1. The van der Waals surface area contributed by atoms with Gasteiger partial charge < -0.3 is 10.2 Å². The van der Waals surface area contributed by atoms with Crippen LogP contribution in [0, 0.1) is 7.11 Å². The summed E-state index contributed by atoms with van der Waals surface area (Å²) in [5, 5.41) is 14.5. The van der Waals surface area contributed by atoms with Gasteiger partial charge in [0.05, 0.1) is 0 Å². The topological polar surface area (TPSA) is 57.5 Å². The summed E-state index contributed by atoms with van der Waals surface area (Å²) in [7, 11) is 2.25. The first-order valence-corrected chi connectivity index (χ1v) is 1.80. The molecule has 0 aliphatic carbocycles. The second kappa shape index (κ2) is 15.7. The van der Waals surface area contributed by atoms with Crippen LogP contribution >= 0.6 is 0 Å². The molecule has 0 spiro atoms. The number of carbonyl (C=O) groups is 1. The van der Waals surface area contributed by atoms with E-state index < -0.39 is 5.97 Å². The van der Waals surface area contributed by atoms with Crippen LogP contribution in [0.15, 0.2) is 0 Å². The van der Waals surface area contributed by atoms with Gasteiger partial charge in [0, 0.05) is 6.42 Å². The van der Waals surface area contributed by atoms with E-state index >= 15 is 0 Å². The van der Waals surface area contributed by atoms with Crippen molar-refractivity contribution in [3.05, 3.63) is 7.11 Å². The van der Waals surface area contributed by atoms with Crippen LogP contribution in [0.3, 0.4) is 0 Å². The Hall–Kier alpha value is 1.07. The molecule has 0 saturated carbocycles. The largest absolute Gasteiger partial charge is 1.00 e. The van der Waals surface area contributed by atoms with E-state index in [0.717, 1.165) is 0 Å². The molecule has 0 heterocycles. The predicted molar refractivity (Wildman–Crippen MR) is 25.2 cm³/mol. The van der Waals surface area contributed by atoms with Gasteiger partial charge in [-0.25, -0.2) is 7.11 Å². The molecule has 0 amide bonds. The van der Waals surface area contributed by atoms with Gasteiger partial charge in [0.25, 0.3) is 0 Å². The minimum atomic E-state index is -0.745. The van der Waals surface area contributed by atoms with Crippen molar-refractivity contribution in [3.63, 3.8) is 0 Å². The molecule has 0 fully saturated rings. The van der Waals surface area contributed by atoms with Crippen LogP contribution in [0.25, 0.3) is 0 Å². The van der Waals surface area contributed by atoms with Gasteiger partial charge in [-0.2, -0.15) is 0 Å². The van der Waals surface area contributed by atoms with Gasteiger partial charge >= 0.3 is 57.4 Å². The van der Waals surface area contributed by atoms with E-state index in [1.54, 1.807) is 6.92 Å². The Kier molecular flexibility index (Phi) is 31.4. The summed E-state index contributed by atoms with van der Waals surface area (Å²) in [6.07, 6.45) is 0.222. The molecule has 0 rings (SSSR count). The van der Waals surface area contributed by atoms with Gasteiger partial charge in [-0.3, -0.25) is 4.79 Å². The minimum Gasteiger partial charge on any atom is -0.569 e. The third-order valence-electron chi connectivity index (χ3n) is 0.302. The Balaban J connectivity index is -0.0000000750. The Bertz CT molecular complexity index is 46.5. The molecule has 8 heavy (non-hydrogen) atoms. The molecule has 0 aromatic rings. The second-order valence-electron chi connectivity index (χ2n) is 0.747. The van der Waals surface area contributed by atoms with Crippen LogP contribution in [-0.2, 0) is 4.79 Å². The van der Waals surface area contributed by atoms with Crippen molar-refractivity contribution < 1.29 is 66.4 Å². The van der Waals surface area contributed by atoms with Crippen molar-refractivity contribution in [3.8, 4) is 0 Å². The van der Waals surface area contributed by atoms with Gasteiger partial charge in [0.15, 0.2) is 0 Å². The SMILES string of the molecule is CCC(=O)O.[CH2-]O.[K+]. The number of carboxylic acid groups (broad SMARTS) is 1. The summed E-state index contributed by atoms with van der Waals surface area (Å²) in [6, 6.07) is 0. The maximum absolute atomic E-state index is 9.37. The Morgan fingerprint density at radius 1 is 1.62 bits per heavy atom. The molecule has 0 aliphatic heterocycles. The van der Waals surface area contributed by atoms with Crippen molar-refractivity contribution in [2.75, 3.05) is 0 Å². The summed E-state index contributed by atoms with van der Waals surface area (Å²) in [4.78, 5) is 9.37. The van der Waals surface area contributed by atoms with Crippen molar-refractivity contribution >= 4 is 5.97 Å². The zero-order valence-corrected chi connectivity index (χ0v) is 8.34. The molecule has 0 unspecified atom stereocenters. The Morgan fingerprint density at radius 2 is 1.75 bits per heavy atom. The average molecular weight is 144 g/mol. The average Bonchev–Trinajstić information content (AvgIpc) is 1.73. The van der Waals surface area contributed by atoms with Crippen LogP contribution in [0.2, 0.25) is 0 Å². The molecule has 0 aromatic heterocycles. The third-order valence-corrected chi connectivity index (χ3v) is 0.302. The first-order chi connectivity index (χ1) is 3.27. The summed E-state index contributed by atoms with van der Waals surface area (Å²) < 4.78 is 0. The molecule has 4 heteroatoms. The summed E-state index contributed by atoms with van der Waals surface area (Å²) in [5.41, 5.74) is 0. The molecular weight excluding hydrogens is 135 g/mol. The molecule has 2 N–H and O–H groups in total. The van der Waals surface area contributed by atoms with Crippen LogP contribution in [0.4, 0.5) is 0 Å². The molecule has 0 saturated heterocycles. The first kappa shape index (κ1) is 16.0. The molecule has 3 nitrogen and oxygen atoms in total. The fourth-order valence-corrected chi connectivity index (χ4v) is 0. The standard InChI is InChI=1S/C3H6O2.CH3O.K/c1-2-3(4)5;1-2;/h2H2,1H3,(H,4,5);2H,1H2;/q;-1;+1. The summed E-state index contributed by atoms with van der Waals surface area (Å²) in [6.45, 7) is 1.60. The van der Waals surface area contributed by atoms with Crippen molar-refractivity contribution in [1.29, 1.82) is 0 Å². The smallest absolute Gasteiger partial charge is 0.569 e. The molecule has 44 valence electrons. The van der Waals surface area contributed by atoms with Gasteiger partial charge in [0.2, 0.25) is 0 Å².